The van der Waals surface area contributed by atoms with Gasteiger partial charge in [0.25, 0.3) is 0 Å². The lowest BCUT2D eigenvalue weighted by atomic mass is 9.82. The summed E-state index contributed by atoms with van der Waals surface area (Å²) in [4.78, 5) is 4.11. The Morgan fingerprint density at radius 3 is 2.78 bits per heavy atom. The molecule has 1 aliphatic rings. The Morgan fingerprint density at radius 2 is 2.09 bits per heavy atom. The number of halogens is 1. The Bertz CT molecular complexity index is 645. The summed E-state index contributed by atoms with van der Waals surface area (Å²) in [7, 11) is 0. The monoisotopic (exact) mass is 422 g/mol. The predicted octanol–water partition coefficient (Wildman–Crippen LogP) is 4.82. The lowest BCUT2D eigenvalue weighted by Crippen LogP contribution is -2.23. The third kappa shape index (κ3) is 4.44. The zero-order valence-corrected chi connectivity index (χ0v) is 15.4. The summed E-state index contributed by atoms with van der Waals surface area (Å²) in [6.45, 7) is 0. The van der Waals surface area contributed by atoms with Crippen LogP contribution >= 0.6 is 22.6 Å². The summed E-state index contributed by atoms with van der Waals surface area (Å²) >= 11 is 2.37. The van der Waals surface area contributed by atoms with Crippen LogP contribution in [0.2, 0.25) is 0 Å². The number of hydrogen-bond donors (Lipinski definition) is 1. The molecule has 3 rings (SSSR count). The van der Waals surface area contributed by atoms with Crippen molar-refractivity contribution in [1.29, 1.82) is 0 Å². The predicted molar refractivity (Wildman–Crippen MR) is 103 cm³/mol. The van der Waals surface area contributed by atoms with Gasteiger partial charge in [-0.3, -0.25) is 0 Å². The van der Waals surface area contributed by atoms with Gasteiger partial charge in [-0.15, -0.1) is 0 Å². The number of aromatic nitrogens is 2. The third-order valence-electron chi connectivity index (χ3n) is 4.67. The van der Waals surface area contributed by atoms with Gasteiger partial charge in [0.15, 0.2) is 0 Å². The van der Waals surface area contributed by atoms with E-state index in [-0.39, 0.29) is 6.10 Å². The van der Waals surface area contributed by atoms with Crippen molar-refractivity contribution in [3.8, 4) is 0 Å². The summed E-state index contributed by atoms with van der Waals surface area (Å²) < 4.78 is 3.18. The van der Waals surface area contributed by atoms with Crippen LogP contribution in [0, 0.1) is 9.49 Å². The number of aliphatic hydroxyl groups excluding tert-OH is 1. The number of aliphatic hydroxyl groups is 1. The van der Waals surface area contributed by atoms with Gasteiger partial charge in [-0.25, -0.2) is 4.98 Å². The van der Waals surface area contributed by atoms with Crippen molar-refractivity contribution in [2.24, 2.45) is 5.92 Å². The first-order valence-corrected chi connectivity index (χ1v) is 9.43. The van der Waals surface area contributed by atoms with Crippen molar-refractivity contribution in [3.63, 3.8) is 0 Å². The molecule has 0 amide bonds. The maximum absolute atomic E-state index is 10.8. The summed E-state index contributed by atoms with van der Waals surface area (Å²) in [5.41, 5.74) is 2.38. The minimum Gasteiger partial charge on any atom is -0.392 e. The zero-order valence-electron chi connectivity index (χ0n) is 13.2. The first-order chi connectivity index (χ1) is 11.2. The van der Waals surface area contributed by atoms with E-state index >= 15 is 0 Å². The minimum atomic E-state index is -0.263. The maximum Gasteiger partial charge on any atom is 0.0986 e. The van der Waals surface area contributed by atoms with E-state index in [1.54, 1.807) is 12.5 Å². The second-order valence-corrected chi connectivity index (χ2v) is 7.48. The molecule has 3 nitrogen and oxygen atoms in total. The molecule has 1 aromatic heterocycles. The molecule has 1 fully saturated rings. The van der Waals surface area contributed by atoms with Gasteiger partial charge in [-0.2, -0.15) is 0 Å². The molecule has 1 aromatic carbocycles. The average molecular weight is 422 g/mol. The lowest BCUT2D eigenvalue weighted by molar-refractivity contribution is 0.0893. The quantitative estimate of drug-likeness (QED) is 0.702. The van der Waals surface area contributed by atoms with Crippen LogP contribution in [0.15, 0.2) is 43.0 Å². The first kappa shape index (κ1) is 16.7. The van der Waals surface area contributed by atoms with Gasteiger partial charge in [-0.1, -0.05) is 37.5 Å². The highest BCUT2D eigenvalue weighted by Crippen LogP contribution is 2.32. The van der Waals surface area contributed by atoms with E-state index in [0.717, 1.165) is 12.8 Å². The van der Waals surface area contributed by atoms with Gasteiger partial charge >= 0.3 is 0 Å². The largest absolute Gasteiger partial charge is 0.392 e. The highest BCUT2D eigenvalue weighted by atomic mass is 127. The Labute approximate surface area is 151 Å². The van der Waals surface area contributed by atoms with Gasteiger partial charge in [0.1, 0.15) is 0 Å². The second kappa shape index (κ2) is 8.11. The van der Waals surface area contributed by atoms with E-state index in [4.69, 9.17) is 0 Å². The smallest absolute Gasteiger partial charge is 0.0986 e. The fourth-order valence-electron chi connectivity index (χ4n) is 3.39. The molecular formula is C19H23IN2O. The van der Waals surface area contributed by atoms with Crippen molar-refractivity contribution in [3.05, 3.63) is 52.1 Å². The molecule has 1 aliphatic carbocycles. The van der Waals surface area contributed by atoms with Crippen molar-refractivity contribution in [2.45, 2.75) is 44.6 Å². The average Bonchev–Trinajstić information content (AvgIpc) is 3.08. The molecule has 0 spiro atoms. The molecule has 0 bridgehead atoms. The summed E-state index contributed by atoms with van der Waals surface area (Å²) in [6, 6.07) is 8.37. The molecule has 4 heteroatoms. The van der Waals surface area contributed by atoms with Gasteiger partial charge in [0, 0.05) is 28.6 Å². The number of rotatable bonds is 5. The minimum absolute atomic E-state index is 0.263. The van der Waals surface area contributed by atoms with Crippen LogP contribution in [0.5, 0.6) is 0 Å². The molecule has 1 heterocycles. The van der Waals surface area contributed by atoms with Crippen LogP contribution in [0.3, 0.4) is 0 Å². The summed E-state index contributed by atoms with van der Waals surface area (Å²) in [6.07, 6.45) is 14.2. The highest BCUT2D eigenvalue weighted by Gasteiger charge is 2.23. The molecule has 0 radical (unpaired) electrons. The topological polar surface area (TPSA) is 38.0 Å². The fraction of sp³-hybridized carbons (Fsp3) is 0.421. The van der Waals surface area contributed by atoms with Gasteiger partial charge in [0.2, 0.25) is 0 Å². The van der Waals surface area contributed by atoms with Crippen LogP contribution < -0.4 is 0 Å². The highest BCUT2D eigenvalue weighted by molar-refractivity contribution is 14.1. The molecule has 0 saturated heterocycles. The Morgan fingerprint density at radius 1 is 1.30 bits per heavy atom. The van der Waals surface area contributed by atoms with E-state index in [1.807, 2.05) is 10.8 Å². The van der Waals surface area contributed by atoms with Gasteiger partial charge in [-0.05, 0) is 58.6 Å². The van der Waals surface area contributed by atoms with Crippen LogP contribution in [0.1, 0.15) is 44.1 Å². The molecule has 2 aromatic rings. The fourth-order valence-corrected chi connectivity index (χ4v) is 4.12. The first-order valence-electron chi connectivity index (χ1n) is 8.35. The normalized spacial score (nSPS) is 18.1. The molecular weight excluding hydrogens is 399 g/mol. The number of hydrogen-bond acceptors (Lipinski definition) is 2. The number of imidazole rings is 1. The standard InChI is InChI=1S/C19H23IN2O/c20-18-9-5-4-8-17(18)16(13-22-11-10-21-14-22)12-19(23)15-6-2-1-3-7-15/h4-5,8-11,13-15,19,23H,1-3,6-7,12H2. The zero-order chi connectivity index (χ0) is 16.1. The van der Waals surface area contributed by atoms with E-state index in [0.29, 0.717) is 12.3 Å². The number of nitrogens with zero attached hydrogens (tertiary/aromatic N) is 2. The van der Waals surface area contributed by atoms with Crippen molar-refractivity contribution < 1.29 is 5.11 Å². The SMILES string of the molecule is OC(CC(=Cn1ccnc1)c1ccccc1I)C1CCCCC1. The van der Waals surface area contributed by atoms with E-state index in [2.05, 4.69) is 58.0 Å². The maximum atomic E-state index is 10.8. The molecule has 1 N–H and O–H groups in total. The van der Waals surface area contributed by atoms with E-state index in [1.165, 1.54) is 34.0 Å². The molecule has 1 saturated carbocycles. The van der Waals surface area contributed by atoms with Crippen LogP contribution in [-0.2, 0) is 0 Å². The molecule has 122 valence electrons. The Balaban J connectivity index is 1.85. The molecule has 1 unspecified atom stereocenters. The Kier molecular flexibility index (Phi) is 5.89. The second-order valence-electron chi connectivity index (χ2n) is 6.31. The number of benzene rings is 1. The summed E-state index contributed by atoms with van der Waals surface area (Å²) in [5.74, 6) is 0.441. The van der Waals surface area contributed by atoms with Crippen LogP contribution in [0.25, 0.3) is 11.8 Å². The van der Waals surface area contributed by atoms with Gasteiger partial charge < -0.3 is 9.67 Å². The van der Waals surface area contributed by atoms with Crippen molar-refractivity contribution in [2.75, 3.05) is 0 Å². The van der Waals surface area contributed by atoms with Gasteiger partial charge in [0.05, 0.1) is 12.4 Å². The molecule has 0 aliphatic heterocycles. The lowest BCUT2D eigenvalue weighted by Gasteiger charge is -2.27. The Hall–Kier alpha value is -1.14. The van der Waals surface area contributed by atoms with E-state index < -0.39 is 0 Å². The van der Waals surface area contributed by atoms with E-state index in [9.17, 15) is 5.11 Å². The van der Waals surface area contributed by atoms with Crippen LogP contribution in [0.4, 0.5) is 0 Å². The van der Waals surface area contributed by atoms with Crippen molar-refractivity contribution in [1.82, 2.24) is 9.55 Å². The molecule has 23 heavy (non-hydrogen) atoms. The van der Waals surface area contributed by atoms with Crippen molar-refractivity contribution >= 4 is 34.4 Å². The summed E-state index contributed by atoms with van der Waals surface area (Å²) in [5, 5.41) is 10.8. The third-order valence-corrected chi connectivity index (χ3v) is 5.61. The van der Waals surface area contributed by atoms with Crippen LogP contribution in [-0.4, -0.2) is 20.8 Å². The molecule has 1 atom stereocenters.